The largest absolute Gasteiger partial charge is 0.496 e. The molecule has 2 fully saturated rings. The lowest BCUT2D eigenvalue weighted by Gasteiger charge is -2.36. The van der Waals surface area contributed by atoms with Crippen molar-refractivity contribution in [2.75, 3.05) is 97.7 Å². The summed E-state index contributed by atoms with van der Waals surface area (Å²) in [6, 6.07) is 20.8. The molecule has 0 bridgehead atoms. The van der Waals surface area contributed by atoms with Gasteiger partial charge in [-0.2, -0.15) is 0 Å². The van der Waals surface area contributed by atoms with E-state index in [0.717, 1.165) is 43.8 Å². The van der Waals surface area contributed by atoms with Gasteiger partial charge in [-0.15, -0.1) is 11.3 Å². The normalized spacial score (nSPS) is 16.3. The Labute approximate surface area is 467 Å². The van der Waals surface area contributed by atoms with Crippen molar-refractivity contribution < 1.29 is 47.8 Å². The number of methoxy groups -OCH3 is 1. The minimum absolute atomic E-state index is 0.00955. The van der Waals surface area contributed by atoms with Gasteiger partial charge in [-0.3, -0.25) is 19.2 Å². The zero-order valence-electron chi connectivity index (χ0n) is 46.0. The lowest BCUT2D eigenvalue weighted by molar-refractivity contribution is -0.146. The summed E-state index contributed by atoms with van der Waals surface area (Å²) in [5.41, 5.74) is 7.68. The summed E-state index contributed by atoms with van der Waals surface area (Å²) in [6.45, 7) is 15.7. The number of amides is 3. The highest BCUT2D eigenvalue weighted by atomic mass is 35.5. The highest BCUT2D eigenvalue weighted by molar-refractivity contribution is 7.70. The van der Waals surface area contributed by atoms with Gasteiger partial charge in [0.2, 0.25) is 17.7 Å². The molecule has 5 aromatic rings. The summed E-state index contributed by atoms with van der Waals surface area (Å²) in [7, 11) is -0.860. The molecule has 2 saturated heterocycles. The number of aliphatic hydroxyl groups excluding tert-OH is 1. The van der Waals surface area contributed by atoms with Crippen LogP contribution in [0, 0.1) is 18.3 Å². The zero-order valence-corrected chi connectivity index (χ0v) is 48.5. The van der Waals surface area contributed by atoms with E-state index in [1.807, 2.05) is 98.8 Å². The Kier molecular flexibility index (Phi) is 21.6. The second kappa shape index (κ2) is 28.0. The van der Waals surface area contributed by atoms with Crippen molar-refractivity contribution in [3.05, 3.63) is 117 Å². The molecule has 420 valence electrons. The van der Waals surface area contributed by atoms with Gasteiger partial charge in [-0.05, 0) is 48.4 Å². The number of halogens is 1. The maximum atomic E-state index is 14.1. The fraction of sp³-hybridized carbons (Fsp3) is 0.500. The number of rotatable bonds is 26. The molecule has 4 heterocycles. The number of carbonyl (C=O) groups excluding carboxylic acids is 4. The average molecular weight is 1130 g/mol. The number of carbonyl (C=O) groups is 4. The number of likely N-dealkylation sites (tertiary alicyclic amines) is 1. The van der Waals surface area contributed by atoms with E-state index in [4.69, 9.17) is 35.5 Å². The molecule has 0 spiro atoms. The van der Waals surface area contributed by atoms with Crippen molar-refractivity contribution in [2.24, 2.45) is 11.3 Å². The van der Waals surface area contributed by atoms with Crippen molar-refractivity contribution in [3.63, 3.8) is 0 Å². The molecule has 17 nitrogen and oxygen atoms in total. The fourth-order valence-electron chi connectivity index (χ4n) is 9.78. The molecular weight excluding hydrogens is 1050 g/mol. The van der Waals surface area contributed by atoms with Gasteiger partial charge in [0.25, 0.3) is 0 Å². The molecule has 3 atom stereocenters. The van der Waals surface area contributed by atoms with E-state index in [9.17, 15) is 28.8 Å². The van der Waals surface area contributed by atoms with E-state index in [1.165, 1.54) is 4.90 Å². The van der Waals surface area contributed by atoms with Crippen LogP contribution in [0.2, 0.25) is 5.02 Å². The van der Waals surface area contributed by atoms with Gasteiger partial charge in [0.05, 0.1) is 86.1 Å². The maximum absolute atomic E-state index is 14.1. The van der Waals surface area contributed by atoms with E-state index < -0.39 is 30.6 Å². The maximum Gasteiger partial charge on any atom is 0.243 e. The number of ether oxygens (including phenoxy) is 4. The van der Waals surface area contributed by atoms with E-state index >= 15 is 0 Å². The van der Waals surface area contributed by atoms with Gasteiger partial charge in [-0.1, -0.05) is 87.0 Å². The monoisotopic (exact) mass is 1130 g/mol. The number of hydrogen-bond acceptors (Lipinski definition) is 15. The van der Waals surface area contributed by atoms with Crippen LogP contribution in [0.3, 0.4) is 0 Å². The number of β-amino-alcohol motifs (C(OH)–C–C–N with tert-alkyl or cyclic N) is 1. The SMILES string of the molecule is COc1cc(N2CCN(C(=O)CCOCCOCCOCCC(=O)C[C@H](C(=O)N3C[C@H](O)C[C@H]3C(=O)NCc3ccc(-c4scnc4C)cc3)C(C)(C)C)CC2)ccc1Cc1ncc(Cl)c(Cc2ccccc2P(C)(C)=O)n1. The first-order valence-electron chi connectivity index (χ1n) is 26.6. The van der Waals surface area contributed by atoms with Crippen LogP contribution in [0.5, 0.6) is 5.75 Å². The summed E-state index contributed by atoms with van der Waals surface area (Å²) in [6.07, 6.45) is 2.15. The van der Waals surface area contributed by atoms with Crippen LogP contribution in [0.1, 0.15) is 80.4 Å². The van der Waals surface area contributed by atoms with E-state index in [2.05, 4.69) is 26.3 Å². The molecule has 20 heteroatoms. The van der Waals surface area contributed by atoms with Gasteiger partial charge in [0.1, 0.15) is 30.5 Å². The van der Waals surface area contributed by atoms with Crippen LogP contribution in [-0.2, 0) is 57.3 Å². The molecule has 0 saturated carbocycles. The lowest BCUT2D eigenvalue weighted by atomic mass is 9.76. The fourth-order valence-corrected chi connectivity index (χ4v) is 12.0. The van der Waals surface area contributed by atoms with Crippen LogP contribution in [-0.4, -0.2) is 158 Å². The number of ketones is 1. The number of benzene rings is 3. The second-order valence-corrected chi connectivity index (χ2v) is 25.8. The molecule has 7 rings (SSSR count). The first-order valence-corrected chi connectivity index (χ1v) is 30.5. The summed E-state index contributed by atoms with van der Waals surface area (Å²) in [4.78, 5) is 74.1. The average Bonchev–Trinajstić information content (AvgIpc) is 4.04. The standard InChI is InChI=1S/C58H75ClN7O10PS/c1-39-55(78-38-62-39)41-14-12-40(13-15-41)35-61-56(70)50-34-46(68)37-66(50)57(71)47(58(2,3)4)33-45(67)18-24-74-26-28-76-29-27-75-25-19-54(69)65-22-20-64(21-23-65)44-17-16-42(51(32-44)73-5)31-53-60-36-48(59)49(63-53)30-43-10-8-9-11-52(43)77(6,7)72/h8-17,32,36,38,46-47,50,68H,18-31,33-35,37H2,1-7H3,(H,61,70)/t46-,47-,50+/m1/s1. The Morgan fingerprint density at radius 1 is 0.872 bits per heavy atom. The predicted molar refractivity (Wildman–Crippen MR) is 304 cm³/mol. The number of Topliss-reactive ketones (excluding diaryl/α,β-unsaturated/α-hetero) is 1. The molecule has 2 aliphatic rings. The predicted octanol–water partition coefficient (Wildman–Crippen LogP) is 7.38. The Morgan fingerprint density at radius 2 is 1.55 bits per heavy atom. The van der Waals surface area contributed by atoms with E-state index in [-0.39, 0.29) is 82.1 Å². The number of aromatic nitrogens is 3. The molecular formula is C58H75ClN7O10PS. The van der Waals surface area contributed by atoms with Crippen molar-refractivity contribution in [3.8, 4) is 16.2 Å². The second-order valence-electron chi connectivity index (χ2n) is 21.4. The lowest BCUT2D eigenvalue weighted by Crippen LogP contribution is -2.50. The van der Waals surface area contributed by atoms with E-state index in [0.29, 0.717) is 81.1 Å². The quantitative estimate of drug-likeness (QED) is 0.0410. The molecule has 2 N–H and O–H groups in total. The minimum Gasteiger partial charge on any atom is -0.496 e. The van der Waals surface area contributed by atoms with Gasteiger partial charge >= 0.3 is 0 Å². The highest BCUT2D eigenvalue weighted by Gasteiger charge is 2.44. The summed E-state index contributed by atoms with van der Waals surface area (Å²) >= 11 is 8.13. The van der Waals surface area contributed by atoms with Gasteiger partial charge in [0, 0.05) is 106 Å². The van der Waals surface area contributed by atoms with Gasteiger partial charge < -0.3 is 48.6 Å². The number of anilines is 1. The Hall–Kier alpha value is -5.59. The van der Waals surface area contributed by atoms with Crippen molar-refractivity contribution in [1.29, 1.82) is 0 Å². The third kappa shape index (κ3) is 16.7. The topological polar surface area (TPSA) is 203 Å². The molecule has 2 aliphatic heterocycles. The first kappa shape index (κ1) is 60.1. The number of piperazine rings is 1. The van der Waals surface area contributed by atoms with Crippen LogP contribution < -0.4 is 20.3 Å². The number of hydrogen-bond donors (Lipinski definition) is 2. The third-order valence-electron chi connectivity index (χ3n) is 14.2. The van der Waals surface area contributed by atoms with Crippen molar-refractivity contribution in [2.45, 2.75) is 84.9 Å². The summed E-state index contributed by atoms with van der Waals surface area (Å²) < 4.78 is 35.8. The molecule has 3 aromatic carbocycles. The van der Waals surface area contributed by atoms with Crippen LogP contribution >= 0.6 is 30.1 Å². The molecule has 3 amide bonds. The zero-order chi connectivity index (χ0) is 56.0. The molecule has 2 aromatic heterocycles. The number of nitrogens with zero attached hydrogens (tertiary/aromatic N) is 6. The van der Waals surface area contributed by atoms with Gasteiger partial charge in [0.15, 0.2) is 0 Å². The molecule has 0 aliphatic carbocycles. The van der Waals surface area contributed by atoms with Crippen LogP contribution in [0.4, 0.5) is 5.69 Å². The summed E-state index contributed by atoms with van der Waals surface area (Å²) in [5, 5.41) is 14.8. The van der Waals surface area contributed by atoms with Gasteiger partial charge in [-0.25, -0.2) is 15.0 Å². The minimum atomic E-state index is -2.50. The number of aryl methyl sites for hydroxylation is 1. The number of nitrogens with one attached hydrogen (secondary N) is 1. The van der Waals surface area contributed by atoms with Crippen molar-refractivity contribution in [1.82, 2.24) is 30.1 Å². The number of aliphatic hydroxyl groups is 1. The molecule has 0 unspecified atom stereocenters. The van der Waals surface area contributed by atoms with Crippen LogP contribution in [0.25, 0.3) is 10.4 Å². The van der Waals surface area contributed by atoms with Crippen molar-refractivity contribution >= 4 is 64.6 Å². The molecule has 0 radical (unpaired) electrons. The first-order chi connectivity index (χ1) is 37.3. The summed E-state index contributed by atoms with van der Waals surface area (Å²) in [5.74, 6) is -0.138. The molecule has 78 heavy (non-hydrogen) atoms. The highest BCUT2D eigenvalue weighted by Crippen LogP contribution is 2.37. The Morgan fingerprint density at radius 3 is 2.21 bits per heavy atom. The van der Waals surface area contributed by atoms with Crippen LogP contribution in [0.15, 0.2) is 78.4 Å². The Bertz CT molecular complexity index is 2890. The Balaban J connectivity index is 0.747. The third-order valence-corrected chi connectivity index (χ3v) is 17.1. The number of thiazole rings is 1. The van der Waals surface area contributed by atoms with E-state index in [1.54, 1.807) is 38.0 Å². The smallest absolute Gasteiger partial charge is 0.243 e.